The topological polar surface area (TPSA) is 64.3 Å². The van der Waals surface area contributed by atoms with Gasteiger partial charge in [-0.25, -0.2) is 4.39 Å². The average molecular weight is 288 g/mol. The number of benzene rings is 2. The zero-order valence-corrected chi connectivity index (χ0v) is 11.9. The van der Waals surface area contributed by atoms with E-state index in [0.29, 0.717) is 17.0 Å². The lowest BCUT2D eigenvalue weighted by Crippen LogP contribution is -2.27. The van der Waals surface area contributed by atoms with Gasteiger partial charge in [0.15, 0.2) is 0 Å². The van der Waals surface area contributed by atoms with Gasteiger partial charge in [-0.1, -0.05) is 18.2 Å². The molecule has 0 saturated carbocycles. The van der Waals surface area contributed by atoms with E-state index in [1.165, 1.54) is 19.2 Å². The van der Waals surface area contributed by atoms with E-state index in [9.17, 15) is 9.18 Å². The Morgan fingerprint density at radius 1 is 1.29 bits per heavy atom. The number of nitrogen functional groups attached to an aromatic ring is 1. The van der Waals surface area contributed by atoms with Crippen LogP contribution in [0.3, 0.4) is 0 Å². The molecule has 0 heterocycles. The molecule has 5 heteroatoms. The highest BCUT2D eigenvalue weighted by molar-refractivity contribution is 6.02. The number of rotatable bonds is 4. The first-order valence-corrected chi connectivity index (χ1v) is 6.51. The zero-order chi connectivity index (χ0) is 15.4. The summed E-state index contributed by atoms with van der Waals surface area (Å²) in [6.45, 7) is 1.78. The van der Waals surface area contributed by atoms with Gasteiger partial charge in [0, 0.05) is 5.69 Å². The molecule has 2 aromatic rings. The molecule has 2 rings (SSSR count). The molecule has 2 aromatic carbocycles. The molecule has 3 N–H and O–H groups in total. The van der Waals surface area contributed by atoms with E-state index < -0.39 is 0 Å². The fourth-order valence-electron chi connectivity index (χ4n) is 2.09. The van der Waals surface area contributed by atoms with Crippen LogP contribution in [-0.4, -0.2) is 13.0 Å². The molecule has 0 radical (unpaired) electrons. The summed E-state index contributed by atoms with van der Waals surface area (Å²) in [4.78, 5) is 12.3. The molecule has 0 aliphatic heterocycles. The zero-order valence-electron chi connectivity index (χ0n) is 11.9. The highest BCUT2D eigenvalue weighted by Gasteiger charge is 2.18. The number of hydrogen-bond donors (Lipinski definition) is 2. The number of hydrogen-bond acceptors (Lipinski definition) is 3. The fourth-order valence-corrected chi connectivity index (χ4v) is 2.09. The smallest absolute Gasteiger partial charge is 0.257 e. The van der Waals surface area contributed by atoms with Crippen molar-refractivity contribution in [2.75, 3.05) is 12.8 Å². The van der Waals surface area contributed by atoms with Crippen LogP contribution in [0.25, 0.3) is 0 Å². The number of ether oxygens (including phenoxy) is 1. The summed E-state index contributed by atoms with van der Waals surface area (Å²) in [5.74, 6) is -0.300. The van der Waals surface area contributed by atoms with E-state index in [4.69, 9.17) is 10.5 Å². The van der Waals surface area contributed by atoms with Gasteiger partial charge in [0.25, 0.3) is 5.91 Å². The summed E-state index contributed by atoms with van der Waals surface area (Å²) in [6, 6.07) is 10.7. The molecule has 0 aromatic heterocycles. The van der Waals surface area contributed by atoms with Crippen molar-refractivity contribution >= 4 is 11.6 Å². The minimum atomic E-state index is -0.360. The fraction of sp³-hybridized carbons (Fsp3) is 0.188. The molecule has 21 heavy (non-hydrogen) atoms. The Bertz CT molecular complexity index is 658. The number of amides is 1. The van der Waals surface area contributed by atoms with E-state index in [-0.39, 0.29) is 23.3 Å². The SMILES string of the molecule is COc1cccc(N)c1C(=O)NC(C)c1cccc(F)c1. The first-order chi connectivity index (χ1) is 10.0. The lowest BCUT2D eigenvalue weighted by Gasteiger charge is -2.17. The van der Waals surface area contributed by atoms with E-state index in [1.807, 2.05) is 0 Å². The summed E-state index contributed by atoms with van der Waals surface area (Å²) in [6.07, 6.45) is 0. The number of halogens is 1. The van der Waals surface area contributed by atoms with Crippen molar-refractivity contribution in [2.24, 2.45) is 0 Å². The molecule has 0 fully saturated rings. The molecular formula is C16H17FN2O2. The van der Waals surface area contributed by atoms with Crippen LogP contribution in [0.15, 0.2) is 42.5 Å². The molecule has 1 amide bonds. The van der Waals surface area contributed by atoms with E-state index in [2.05, 4.69) is 5.32 Å². The minimum Gasteiger partial charge on any atom is -0.496 e. The van der Waals surface area contributed by atoms with Gasteiger partial charge in [0.1, 0.15) is 17.1 Å². The lowest BCUT2D eigenvalue weighted by atomic mass is 10.1. The van der Waals surface area contributed by atoms with Crippen LogP contribution < -0.4 is 15.8 Å². The molecule has 4 nitrogen and oxygen atoms in total. The first kappa shape index (κ1) is 14.8. The van der Waals surface area contributed by atoms with E-state index in [1.54, 1.807) is 37.3 Å². The van der Waals surface area contributed by atoms with Crippen molar-refractivity contribution in [1.82, 2.24) is 5.32 Å². The van der Waals surface area contributed by atoms with Crippen LogP contribution in [0, 0.1) is 5.82 Å². The second-order valence-electron chi connectivity index (χ2n) is 4.67. The highest BCUT2D eigenvalue weighted by Crippen LogP contribution is 2.25. The number of anilines is 1. The second kappa shape index (κ2) is 6.26. The minimum absolute atomic E-state index is 0.281. The Kier molecular flexibility index (Phi) is 4.42. The lowest BCUT2D eigenvalue weighted by molar-refractivity contribution is 0.0937. The van der Waals surface area contributed by atoms with Gasteiger partial charge < -0.3 is 15.8 Å². The van der Waals surface area contributed by atoms with E-state index >= 15 is 0 Å². The van der Waals surface area contributed by atoms with Gasteiger partial charge in [-0.3, -0.25) is 4.79 Å². The molecule has 1 atom stereocenters. The predicted octanol–water partition coefficient (Wildman–Crippen LogP) is 2.91. The van der Waals surface area contributed by atoms with Crippen molar-refractivity contribution < 1.29 is 13.9 Å². The van der Waals surface area contributed by atoms with Crippen LogP contribution >= 0.6 is 0 Å². The molecule has 0 bridgehead atoms. The van der Waals surface area contributed by atoms with Crippen molar-refractivity contribution in [3.05, 3.63) is 59.4 Å². The van der Waals surface area contributed by atoms with Crippen molar-refractivity contribution in [2.45, 2.75) is 13.0 Å². The quantitative estimate of drug-likeness (QED) is 0.850. The van der Waals surface area contributed by atoms with Gasteiger partial charge in [0.05, 0.1) is 13.2 Å². The van der Waals surface area contributed by atoms with Gasteiger partial charge >= 0.3 is 0 Å². The second-order valence-corrected chi connectivity index (χ2v) is 4.67. The standard InChI is InChI=1S/C16H17FN2O2/c1-10(11-5-3-6-12(17)9-11)19-16(20)15-13(18)7-4-8-14(15)21-2/h3-10H,18H2,1-2H3,(H,19,20). The van der Waals surface area contributed by atoms with Crippen molar-refractivity contribution in [1.29, 1.82) is 0 Å². The van der Waals surface area contributed by atoms with Gasteiger partial charge in [-0.2, -0.15) is 0 Å². The van der Waals surface area contributed by atoms with Gasteiger partial charge in [-0.05, 0) is 36.8 Å². The number of carbonyl (C=O) groups is 1. The Hall–Kier alpha value is -2.56. The molecule has 0 spiro atoms. The van der Waals surface area contributed by atoms with Crippen LogP contribution in [0.5, 0.6) is 5.75 Å². The van der Waals surface area contributed by atoms with Gasteiger partial charge in [0.2, 0.25) is 0 Å². The molecule has 0 aliphatic carbocycles. The molecule has 0 aliphatic rings. The number of nitrogens with two attached hydrogens (primary N) is 1. The highest BCUT2D eigenvalue weighted by atomic mass is 19.1. The molecule has 0 saturated heterocycles. The number of carbonyl (C=O) groups excluding carboxylic acids is 1. The molecule has 1 unspecified atom stereocenters. The third-order valence-electron chi connectivity index (χ3n) is 3.20. The van der Waals surface area contributed by atoms with Crippen LogP contribution in [0.2, 0.25) is 0 Å². The maximum Gasteiger partial charge on any atom is 0.257 e. The normalized spacial score (nSPS) is 11.8. The van der Waals surface area contributed by atoms with Crippen LogP contribution in [0.1, 0.15) is 28.9 Å². The summed E-state index contributed by atoms with van der Waals surface area (Å²) in [5, 5.41) is 2.79. The monoisotopic (exact) mass is 288 g/mol. The maximum absolute atomic E-state index is 13.2. The summed E-state index contributed by atoms with van der Waals surface area (Å²) >= 11 is 0. The Morgan fingerprint density at radius 2 is 2.00 bits per heavy atom. The Morgan fingerprint density at radius 3 is 2.67 bits per heavy atom. The van der Waals surface area contributed by atoms with Gasteiger partial charge in [-0.15, -0.1) is 0 Å². The molecule has 110 valence electrons. The van der Waals surface area contributed by atoms with Crippen LogP contribution in [0.4, 0.5) is 10.1 Å². The number of methoxy groups -OCH3 is 1. The average Bonchev–Trinajstić information content (AvgIpc) is 2.46. The first-order valence-electron chi connectivity index (χ1n) is 6.51. The summed E-state index contributed by atoms with van der Waals surface area (Å²) in [5.41, 5.74) is 7.13. The maximum atomic E-state index is 13.2. The van der Waals surface area contributed by atoms with Crippen molar-refractivity contribution in [3.63, 3.8) is 0 Å². The summed E-state index contributed by atoms with van der Waals surface area (Å²) < 4.78 is 18.4. The third kappa shape index (κ3) is 3.31. The number of nitrogens with one attached hydrogen (secondary N) is 1. The summed E-state index contributed by atoms with van der Waals surface area (Å²) in [7, 11) is 1.47. The Balaban J connectivity index is 2.22. The largest absolute Gasteiger partial charge is 0.496 e. The van der Waals surface area contributed by atoms with Crippen molar-refractivity contribution in [3.8, 4) is 5.75 Å². The third-order valence-corrected chi connectivity index (χ3v) is 3.20. The Labute approximate surface area is 122 Å². The van der Waals surface area contributed by atoms with Crippen LogP contribution in [-0.2, 0) is 0 Å². The predicted molar refractivity (Wildman–Crippen MR) is 79.7 cm³/mol. The van der Waals surface area contributed by atoms with E-state index in [0.717, 1.165) is 0 Å². The molecular weight excluding hydrogens is 271 g/mol.